The molecule has 42 heavy (non-hydrogen) atoms. The fourth-order valence-corrected chi connectivity index (χ4v) is 9.69. The van der Waals surface area contributed by atoms with Gasteiger partial charge in [0.25, 0.3) is 5.91 Å². The van der Waals surface area contributed by atoms with Gasteiger partial charge in [-0.1, -0.05) is 80.6 Å². The molecule has 8 atom stereocenters. The summed E-state index contributed by atoms with van der Waals surface area (Å²) in [6.45, 7) is 12.4. The van der Waals surface area contributed by atoms with Crippen LogP contribution in [-0.2, 0) is 14.3 Å². The molecular formula is C31H38ClN3O5S2. The summed E-state index contributed by atoms with van der Waals surface area (Å²) >= 11 is 8.45. The van der Waals surface area contributed by atoms with Crippen LogP contribution in [0.2, 0.25) is 5.02 Å². The Morgan fingerprint density at radius 2 is 2.00 bits per heavy atom. The molecule has 2 N–H and O–H groups in total. The lowest BCUT2D eigenvalue weighted by atomic mass is 9.44. The molecule has 1 aromatic carbocycles. The van der Waals surface area contributed by atoms with Crippen molar-refractivity contribution < 1.29 is 24.2 Å². The highest BCUT2D eigenvalue weighted by Gasteiger charge is 2.68. The summed E-state index contributed by atoms with van der Waals surface area (Å²) in [6, 6.07) is 6.72. The number of amides is 1. The van der Waals surface area contributed by atoms with Crippen LogP contribution in [0.4, 0.5) is 5.13 Å². The van der Waals surface area contributed by atoms with Gasteiger partial charge in [0.05, 0.1) is 22.4 Å². The zero-order valence-electron chi connectivity index (χ0n) is 24.4. The van der Waals surface area contributed by atoms with Crippen LogP contribution in [0.1, 0.15) is 70.2 Å². The quantitative estimate of drug-likeness (QED) is 0.155. The minimum atomic E-state index is -0.710. The van der Waals surface area contributed by atoms with Crippen LogP contribution in [0.25, 0.3) is 0 Å². The topological polar surface area (TPSA) is 118 Å². The van der Waals surface area contributed by atoms with Gasteiger partial charge < -0.3 is 9.84 Å². The van der Waals surface area contributed by atoms with E-state index in [1.807, 2.05) is 6.92 Å². The smallest absolute Gasteiger partial charge is 0.316 e. The second-order valence-corrected chi connectivity index (χ2v) is 15.3. The van der Waals surface area contributed by atoms with Gasteiger partial charge in [-0.2, -0.15) is 0 Å². The molecule has 8 nitrogen and oxygen atoms in total. The van der Waals surface area contributed by atoms with Crippen molar-refractivity contribution in [2.24, 2.45) is 34.0 Å². The number of hydrogen-bond acceptors (Lipinski definition) is 9. The number of ketones is 1. The van der Waals surface area contributed by atoms with Crippen molar-refractivity contribution in [1.29, 1.82) is 0 Å². The molecule has 2 bridgehead atoms. The third-order valence-electron chi connectivity index (χ3n) is 10.6. The molecule has 226 valence electrons. The van der Waals surface area contributed by atoms with Gasteiger partial charge in [-0.05, 0) is 55.1 Å². The Hall–Kier alpha value is -2.27. The molecule has 5 rings (SSSR count). The average Bonchev–Trinajstić information content (AvgIpc) is 3.57. The van der Waals surface area contributed by atoms with Crippen molar-refractivity contribution in [3.8, 4) is 0 Å². The molecule has 1 heterocycles. The van der Waals surface area contributed by atoms with Gasteiger partial charge in [-0.15, -0.1) is 16.8 Å². The highest BCUT2D eigenvalue weighted by atomic mass is 35.5. The lowest BCUT2D eigenvalue weighted by molar-refractivity contribution is -0.205. The van der Waals surface area contributed by atoms with E-state index in [1.165, 1.54) is 11.8 Å². The molecule has 1 amide bonds. The predicted molar refractivity (Wildman–Crippen MR) is 165 cm³/mol. The molecule has 0 unspecified atom stereocenters. The molecule has 3 fully saturated rings. The number of esters is 1. The molecule has 11 heteroatoms. The van der Waals surface area contributed by atoms with Crippen LogP contribution in [0.3, 0.4) is 0 Å². The summed E-state index contributed by atoms with van der Waals surface area (Å²) in [7, 11) is 0. The number of anilines is 1. The Bertz CT molecular complexity index is 1400. The number of aliphatic hydroxyl groups is 1. The largest absolute Gasteiger partial charge is 0.461 e. The van der Waals surface area contributed by atoms with E-state index in [-0.39, 0.29) is 34.7 Å². The average molecular weight is 632 g/mol. The lowest BCUT2D eigenvalue weighted by Gasteiger charge is -2.61. The molecule has 0 radical (unpaired) electrons. The molecule has 1 aromatic heterocycles. The summed E-state index contributed by atoms with van der Waals surface area (Å²) in [5.74, 6) is -0.807. The standard InChI is InChI=1S/C31H38ClN3O5S2/c1-6-29(4)15-22(30(5)17(2)11-13-31(18(3)25(29)38)14-12-21(36)24(30)31)40-23(37)16-41-28-35-34-27(42-28)33-26(39)19-9-7-8-10-20(19)32/h6-10,17-18,22,24-25,38H,1,11-16H2,2-5H3,(H,33,34,39)/t17-,18+,22-,24+,25+,29-,30+,31+/m1/s1. The Morgan fingerprint density at radius 3 is 2.71 bits per heavy atom. The molecule has 2 aromatic rings. The predicted octanol–water partition coefficient (Wildman–Crippen LogP) is 6.44. The van der Waals surface area contributed by atoms with E-state index in [9.17, 15) is 19.5 Å². The Morgan fingerprint density at radius 1 is 1.26 bits per heavy atom. The number of thioether (sulfide) groups is 1. The number of rotatable bonds is 7. The summed E-state index contributed by atoms with van der Waals surface area (Å²) in [4.78, 5) is 39.5. The number of aromatic nitrogens is 2. The van der Waals surface area contributed by atoms with Crippen LogP contribution in [0.15, 0.2) is 41.3 Å². The van der Waals surface area contributed by atoms with Crippen molar-refractivity contribution in [1.82, 2.24) is 10.2 Å². The third kappa shape index (κ3) is 5.22. The highest BCUT2D eigenvalue weighted by molar-refractivity contribution is 8.01. The summed E-state index contributed by atoms with van der Waals surface area (Å²) in [5.41, 5.74) is -1.25. The van der Waals surface area contributed by atoms with Crippen molar-refractivity contribution in [2.45, 2.75) is 76.3 Å². The molecule has 3 aliphatic carbocycles. The fraction of sp³-hybridized carbons (Fsp3) is 0.581. The number of nitrogens with zero attached hydrogens (tertiary/aromatic N) is 2. The van der Waals surface area contributed by atoms with Crippen LogP contribution >= 0.6 is 34.7 Å². The second kappa shape index (κ2) is 11.7. The number of Topliss-reactive ketones (excluding diaryl/α,β-unsaturated/α-hetero) is 1. The van der Waals surface area contributed by atoms with Gasteiger partial charge in [0, 0.05) is 23.2 Å². The van der Waals surface area contributed by atoms with E-state index < -0.39 is 34.9 Å². The SMILES string of the molecule is C=C[C@]1(C)C[C@@H](OC(=O)CSc2nnc(NC(=O)c3ccccc3Cl)s2)[C@]2(C)[C@H](C)CC[C@]3(CCC(=O)[C@H]32)[C@@H](C)[C@@H]1O. The van der Waals surface area contributed by atoms with Gasteiger partial charge in [0.1, 0.15) is 11.9 Å². The summed E-state index contributed by atoms with van der Waals surface area (Å²) in [5, 5.41) is 23.1. The van der Waals surface area contributed by atoms with Gasteiger partial charge in [-0.3, -0.25) is 19.7 Å². The maximum Gasteiger partial charge on any atom is 0.316 e. The minimum absolute atomic E-state index is 0.0123. The van der Waals surface area contributed by atoms with E-state index >= 15 is 0 Å². The van der Waals surface area contributed by atoms with E-state index in [0.29, 0.717) is 32.9 Å². The van der Waals surface area contributed by atoms with Gasteiger partial charge in [0.15, 0.2) is 4.34 Å². The lowest BCUT2D eigenvalue weighted by Crippen LogP contribution is -2.63. The highest BCUT2D eigenvalue weighted by Crippen LogP contribution is 2.68. The first-order chi connectivity index (χ1) is 19.9. The van der Waals surface area contributed by atoms with Gasteiger partial charge in [-0.25, -0.2) is 0 Å². The zero-order valence-corrected chi connectivity index (χ0v) is 26.8. The van der Waals surface area contributed by atoms with Crippen molar-refractivity contribution in [3.63, 3.8) is 0 Å². The first kappa shape index (κ1) is 31.2. The van der Waals surface area contributed by atoms with E-state index in [2.05, 4.69) is 42.9 Å². The summed E-state index contributed by atoms with van der Waals surface area (Å²) in [6.07, 6.45) is 3.95. The third-order valence-corrected chi connectivity index (χ3v) is 12.9. The number of carbonyl (C=O) groups is 3. The van der Waals surface area contributed by atoms with Crippen molar-refractivity contribution in [3.05, 3.63) is 47.5 Å². The second-order valence-electron chi connectivity index (χ2n) is 12.7. The Kier molecular flexibility index (Phi) is 8.66. The normalized spacial score (nSPS) is 36.0. The maximum absolute atomic E-state index is 13.5. The Balaban J connectivity index is 1.33. The molecule has 3 saturated carbocycles. The first-order valence-electron chi connectivity index (χ1n) is 14.4. The first-order valence-corrected chi connectivity index (χ1v) is 16.6. The number of hydrogen-bond donors (Lipinski definition) is 2. The monoisotopic (exact) mass is 631 g/mol. The number of nitrogens with one attached hydrogen (secondary N) is 1. The maximum atomic E-state index is 13.5. The molecule has 0 aliphatic heterocycles. The van der Waals surface area contributed by atoms with Gasteiger partial charge >= 0.3 is 5.97 Å². The summed E-state index contributed by atoms with van der Waals surface area (Å²) < 4.78 is 6.79. The molecule has 0 spiro atoms. The molecule has 3 aliphatic rings. The van der Waals surface area contributed by atoms with E-state index in [1.54, 1.807) is 30.3 Å². The van der Waals surface area contributed by atoms with E-state index in [0.717, 1.165) is 30.6 Å². The van der Waals surface area contributed by atoms with Crippen molar-refractivity contribution in [2.75, 3.05) is 11.1 Å². The van der Waals surface area contributed by atoms with E-state index in [4.69, 9.17) is 16.3 Å². The molecular weight excluding hydrogens is 594 g/mol. The number of carbonyl (C=O) groups excluding carboxylic acids is 3. The fourth-order valence-electron chi connectivity index (χ4n) is 7.94. The number of halogens is 1. The minimum Gasteiger partial charge on any atom is -0.461 e. The van der Waals surface area contributed by atoms with Crippen LogP contribution < -0.4 is 5.32 Å². The number of ether oxygens (including phenoxy) is 1. The molecule has 0 saturated heterocycles. The van der Waals surface area contributed by atoms with Crippen molar-refractivity contribution >= 4 is 57.5 Å². The number of aliphatic hydroxyl groups excluding tert-OH is 1. The van der Waals surface area contributed by atoms with Crippen LogP contribution in [-0.4, -0.2) is 50.9 Å². The Labute approximate surface area is 260 Å². The number of benzene rings is 1. The van der Waals surface area contributed by atoms with Crippen LogP contribution in [0.5, 0.6) is 0 Å². The van der Waals surface area contributed by atoms with Crippen LogP contribution in [0, 0.1) is 34.0 Å². The zero-order chi connectivity index (χ0) is 30.4. The van der Waals surface area contributed by atoms with Gasteiger partial charge in [0.2, 0.25) is 5.13 Å².